The van der Waals surface area contributed by atoms with E-state index in [4.69, 9.17) is 4.74 Å². The van der Waals surface area contributed by atoms with Crippen LogP contribution in [0.3, 0.4) is 0 Å². The van der Waals surface area contributed by atoms with Crippen molar-refractivity contribution in [2.45, 2.75) is 32.2 Å². The number of para-hydroxylation sites is 2. The molecular formula is C18H25N3O3. The normalized spacial score (nSPS) is 21.1. The first-order valence-corrected chi connectivity index (χ1v) is 8.68. The van der Waals surface area contributed by atoms with E-state index in [0.717, 1.165) is 13.1 Å². The van der Waals surface area contributed by atoms with E-state index < -0.39 is 0 Å². The van der Waals surface area contributed by atoms with Crippen LogP contribution in [0.25, 0.3) is 0 Å². The molecule has 1 aromatic rings. The van der Waals surface area contributed by atoms with E-state index >= 15 is 0 Å². The van der Waals surface area contributed by atoms with Crippen molar-refractivity contribution in [1.82, 2.24) is 10.2 Å². The number of hydrogen-bond acceptors (Lipinski definition) is 4. The molecule has 3 rings (SSSR count). The van der Waals surface area contributed by atoms with Crippen molar-refractivity contribution in [3.05, 3.63) is 24.3 Å². The van der Waals surface area contributed by atoms with Gasteiger partial charge in [-0.3, -0.25) is 19.4 Å². The number of amides is 2. The third-order valence-corrected chi connectivity index (χ3v) is 4.77. The van der Waals surface area contributed by atoms with E-state index in [1.165, 1.54) is 24.2 Å². The lowest BCUT2D eigenvalue weighted by Gasteiger charge is -2.33. The van der Waals surface area contributed by atoms with Crippen molar-refractivity contribution in [2.75, 3.05) is 37.7 Å². The minimum absolute atomic E-state index is 0.0183. The zero-order valence-corrected chi connectivity index (χ0v) is 14.2. The van der Waals surface area contributed by atoms with Crippen LogP contribution < -0.4 is 15.0 Å². The number of nitrogens with zero attached hydrogens (tertiary/aromatic N) is 2. The Labute approximate surface area is 142 Å². The number of hydrogen-bond donors (Lipinski definition) is 1. The largest absolute Gasteiger partial charge is 0.482 e. The fourth-order valence-electron chi connectivity index (χ4n) is 3.36. The van der Waals surface area contributed by atoms with Crippen LogP contribution in [-0.2, 0) is 9.59 Å². The average molecular weight is 331 g/mol. The van der Waals surface area contributed by atoms with Crippen LogP contribution in [0.5, 0.6) is 5.75 Å². The van der Waals surface area contributed by atoms with Gasteiger partial charge in [-0.05, 0) is 38.4 Å². The monoisotopic (exact) mass is 331 g/mol. The van der Waals surface area contributed by atoms with Gasteiger partial charge in [0.2, 0.25) is 5.91 Å². The Bertz CT molecular complexity index is 605. The SMILES string of the molecule is C[C@@H]1CCCCN1CCNC(=O)CN1C(=O)COc2ccccc21. The van der Waals surface area contributed by atoms with Gasteiger partial charge in [-0.2, -0.15) is 0 Å². The maximum absolute atomic E-state index is 12.2. The number of anilines is 1. The minimum Gasteiger partial charge on any atom is -0.482 e. The lowest BCUT2D eigenvalue weighted by Crippen LogP contribution is -2.47. The van der Waals surface area contributed by atoms with Crippen LogP contribution in [0.2, 0.25) is 0 Å². The Balaban J connectivity index is 1.50. The Hall–Kier alpha value is -2.08. The summed E-state index contributed by atoms with van der Waals surface area (Å²) in [5.74, 6) is 0.324. The first kappa shape index (κ1) is 16.8. The summed E-state index contributed by atoms with van der Waals surface area (Å²) in [7, 11) is 0. The molecule has 0 bridgehead atoms. The van der Waals surface area contributed by atoms with Gasteiger partial charge in [0.1, 0.15) is 12.3 Å². The standard InChI is InChI=1S/C18H25N3O3/c1-14-6-4-5-10-20(14)11-9-19-17(22)12-21-15-7-2-3-8-16(15)24-13-18(21)23/h2-3,7-8,14H,4-6,9-13H2,1H3,(H,19,22)/t14-/m1/s1. The Morgan fingerprint density at radius 3 is 3.00 bits per heavy atom. The molecule has 0 aliphatic carbocycles. The van der Waals surface area contributed by atoms with Crippen LogP contribution in [0.1, 0.15) is 26.2 Å². The Kier molecular flexibility index (Phi) is 5.35. The summed E-state index contributed by atoms with van der Waals surface area (Å²) in [6, 6.07) is 7.89. The highest BCUT2D eigenvalue weighted by Gasteiger charge is 2.27. The molecule has 0 spiro atoms. The zero-order valence-electron chi connectivity index (χ0n) is 14.2. The second-order valence-corrected chi connectivity index (χ2v) is 6.47. The quantitative estimate of drug-likeness (QED) is 0.886. The minimum atomic E-state index is -0.187. The summed E-state index contributed by atoms with van der Waals surface area (Å²) >= 11 is 0. The van der Waals surface area contributed by atoms with Gasteiger partial charge in [0.05, 0.1) is 5.69 Å². The van der Waals surface area contributed by atoms with Gasteiger partial charge in [0.25, 0.3) is 5.91 Å². The molecule has 2 aliphatic rings. The predicted molar refractivity (Wildman–Crippen MR) is 92.2 cm³/mol. The van der Waals surface area contributed by atoms with Gasteiger partial charge in [0.15, 0.2) is 6.61 Å². The molecule has 0 aromatic heterocycles. The number of carbonyl (C=O) groups is 2. The Morgan fingerprint density at radius 1 is 1.33 bits per heavy atom. The lowest BCUT2D eigenvalue weighted by molar-refractivity contribution is -0.125. The number of benzene rings is 1. The first-order valence-electron chi connectivity index (χ1n) is 8.68. The summed E-state index contributed by atoms with van der Waals surface area (Å²) in [6.07, 6.45) is 3.76. The van der Waals surface area contributed by atoms with E-state index in [1.54, 1.807) is 6.07 Å². The second kappa shape index (κ2) is 7.66. The van der Waals surface area contributed by atoms with Gasteiger partial charge in [-0.25, -0.2) is 0 Å². The van der Waals surface area contributed by atoms with Gasteiger partial charge in [0, 0.05) is 19.1 Å². The third kappa shape index (κ3) is 3.87. The van der Waals surface area contributed by atoms with Crippen molar-refractivity contribution in [2.24, 2.45) is 0 Å². The molecule has 24 heavy (non-hydrogen) atoms. The summed E-state index contributed by atoms with van der Waals surface area (Å²) in [4.78, 5) is 28.2. The van der Waals surface area contributed by atoms with Crippen LogP contribution in [0, 0.1) is 0 Å². The highest BCUT2D eigenvalue weighted by atomic mass is 16.5. The molecule has 1 atom stereocenters. The highest BCUT2D eigenvalue weighted by molar-refractivity contribution is 6.02. The van der Waals surface area contributed by atoms with E-state index in [9.17, 15) is 9.59 Å². The molecule has 1 N–H and O–H groups in total. The topological polar surface area (TPSA) is 61.9 Å². The summed E-state index contributed by atoms with van der Waals surface area (Å²) in [6.45, 7) is 4.84. The van der Waals surface area contributed by atoms with E-state index in [2.05, 4.69) is 17.1 Å². The molecule has 1 fully saturated rings. The van der Waals surface area contributed by atoms with Crippen molar-refractivity contribution in [3.63, 3.8) is 0 Å². The summed E-state index contributed by atoms with van der Waals surface area (Å²) in [5, 5.41) is 2.93. The van der Waals surface area contributed by atoms with Gasteiger partial charge in [-0.15, -0.1) is 0 Å². The average Bonchev–Trinajstić information content (AvgIpc) is 2.59. The van der Waals surface area contributed by atoms with Crippen molar-refractivity contribution < 1.29 is 14.3 Å². The maximum Gasteiger partial charge on any atom is 0.265 e. The molecule has 0 saturated carbocycles. The van der Waals surface area contributed by atoms with E-state index in [1.807, 2.05) is 18.2 Å². The van der Waals surface area contributed by atoms with Gasteiger partial charge in [-0.1, -0.05) is 18.6 Å². The molecule has 2 amide bonds. The third-order valence-electron chi connectivity index (χ3n) is 4.77. The number of nitrogens with one attached hydrogen (secondary N) is 1. The fraction of sp³-hybridized carbons (Fsp3) is 0.556. The number of fused-ring (bicyclic) bond motifs is 1. The van der Waals surface area contributed by atoms with Crippen LogP contribution >= 0.6 is 0 Å². The number of piperidine rings is 1. The molecule has 130 valence electrons. The van der Waals surface area contributed by atoms with Crippen LogP contribution in [0.4, 0.5) is 5.69 Å². The predicted octanol–water partition coefficient (Wildman–Crippen LogP) is 1.40. The highest BCUT2D eigenvalue weighted by Crippen LogP contribution is 2.31. The molecular weight excluding hydrogens is 306 g/mol. The molecule has 0 unspecified atom stereocenters. The van der Waals surface area contributed by atoms with Crippen molar-refractivity contribution >= 4 is 17.5 Å². The van der Waals surface area contributed by atoms with Gasteiger partial charge < -0.3 is 10.1 Å². The smallest absolute Gasteiger partial charge is 0.265 e. The van der Waals surface area contributed by atoms with Gasteiger partial charge >= 0.3 is 0 Å². The van der Waals surface area contributed by atoms with Crippen molar-refractivity contribution in [1.29, 1.82) is 0 Å². The number of ether oxygens (including phenoxy) is 1. The number of carbonyl (C=O) groups excluding carboxylic acids is 2. The van der Waals surface area contributed by atoms with E-state index in [-0.39, 0.29) is 25.0 Å². The molecule has 6 heteroatoms. The second-order valence-electron chi connectivity index (χ2n) is 6.47. The molecule has 0 radical (unpaired) electrons. The van der Waals surface area contributed by atoms with Crippen LogP contribution in [0.15, 0.2) is 24.3 Å². The fourth-order valence-corrected chi connectivity index (χ4v) is 3.36. The Morgan fingerprint density at radius 2 is 2.17 bits per heavy atom. The summed E-state index contributed by atoms with van der Waals surface area (Å²) < 4.78 is 5.39. The molecule has 1 aromatic carbocycles. The zero-order chi connectivity index (χ0) is 16.9. The first-order chi connectivity index (χ1) is 11.6. The molecule has 1 saturated heterocycles. The molecule has 6 nitrogen and oxygen atoms in total. The lowest BCUT2D eigenvalue weighted by atomic mass is 10.0. The summed E-state index contributed by atoms with van der Waals surface area (Å²) in [5.41, 5.74) is 0.661. The maximum atomic E-state index is 12.2. The van der Waals surface area contributed by atoms with Crippen molar-refractivity contribution in [3.8, 4) is 5.75 Å². The molecule has 2 heterocycles. The number of rotatable bonds is 5. The van der Waals surface area contributed by atoms with E-state index in [0.29, 0.717) is 24.0 Å². The number of likely N-dealkylation sites (tertiary alicyclic amines) is 1. The molecule has 2 aliphatic heterocycles. The van der Waals surface area contributed by atoms with Crippen LogP contribution in [-0.4, -0.2) is 55.5 Å².